The summed E-state index contributed by atoms with van der Waals surface area (Å²) in [4.78, 5) is 34.0. The van der Waals surface area contributed by atoms with E-state index in [9.17, 15) is 9.59 Å². The first-order valence-corrected chi connectivity index (χ1v) is 13.4. The fourth-order valence-electron chi connectivity index (χ4n) is 4.14. The first-order valence-electron chi connectivity index (χ1n) is 11.7. The predicted octanol–water partition coefficient (Wildman–Crippen LogP) is 4.19. The molecule has 4 rings (SSSR count). The van der Waals surface area contributed by atoms with E-state index in [1.54, 1.807) is 24.5 Å². The maximum atomic E-state index is 13.8. The van der Waals surface area contributed by atoms with Gasteiger partial charge in [-0.05, 0) is 71.2 Å². The Balaban J connectivity index is 1.86. The molecular weight excluding hydrogens is 554 g/mol. The van der Waals surface area contributed by atoms with E-state index in [-0.39, 0.29) is 12.2 Å². The molecule has 2 heterocycles. The molecule has 0 unspecified atom stereocenters. The van der Waals surface area contributed by atoms with E-state index in [2.05, 4.69) is 27.5 Å². The van der Waals surface area contributed by atoms with Crippen LogP contribution in [0.1, 0.15) is 31.0 Å². The number of allylic oxidation sites excluding steroid dienone is 1. The van der Waals surface area contributed by atoms with Crippen LogP contribution in [0.5, 0.6) is 5.75 Å². The Kier molecular flexibility index (Phi) is 8.14. The van der Waals surface area contributed by atoms with Crippen LogP contribution >= 0.6 is 27.3 Å². The van der Waals surface area contributed by atoms with Crippen molar-refractivity contribution in [1.29, 1.82) is 0 Å². The van der Waals surface area contributed by atoms with Gasteiger partial charge < -0.3 is 14.4 Å². The number of aromatic nitrogens is 1. The van der Waals surface area contributed by atoms with Gasteiger partial charge in [-0.25, -0.2) is 9.79 Å². The number of fused-ring (bicyclic) bond motifs is 1. The molecule has 0 saturated carbocycles. The number of ether oxygens (including phenoxy) is 2. The van der Waals surface area contributed by atoms with Gasteiger partial charge in [0.05, 0.1) is 34.1 Å². The van der Waals surface area contributed by atoms with E-state index in [0.29, 0.717) is 33.0 Å². The van der Waals surface area contributed by atoms with Gasteiger partial charge in [-0.15, -0.1) is 0 Å². The normalized spacial score (nSPS) is 15.2. The highest BCUT2D eigenvalue weighted by atomic mass is 79.9. The molecule has 0 fully saturated rings. The molecule has 0 amide bonds. The fraction of sp³-hybridized carbons (Fsp3) is 0.250. The van der Waals surface area contributed by atoms with Crippen LogP contribution in [0.3, 0.4) is 0 Å². The van der Waals surface area contributed by atoms with Gasteiger partial charge in [0.15, 0.2) is 4.80 Å². The van der Waals surface area contributed by atoms with E-state index in [0.717, 1.165) is 21.3 Å². The van der Waals surface area contributed by atoms with Gasteiger partial charge in [-0.2, -0.15) is 0 Å². The molecule has 0 aliphatic carbocycles. The second-order valence-electron chi connectivity index (χ2n) is 8.58. The van der Waals surface area contributed by atoms with Crippen molar-refractivity contribution in [2.75, 3.05) is 32.2 Å². The maximum Gasteiger partial charge on any atom is 0.338 e. The standard InChI is InChI=1S/C28H28BrN3O4S/c1-6-14-36-20-11-9-19(10-12-20)25-24(27(34)35-7-2)17(3)30-28-32(25)26(33)23(37-28)16-18-8-13-22(31(4)5)21(29)15-18/h6,8-13,15-16,25H,1,7,14H2,2-5H3/b23-16-/t25-/m1/s1. The van der Waals surface area contributed by atoms with Crippen LogP contribution in [0.2, 0.25) is 0 Å². The quantitative estimate of drug-likeness (QED) is 0.294. The Morgan fingerprint density at radius 3 is 2.59 bits per heavy atom. The van der Waals surface area contributed by atoms with Crippen molar-refractivity contribution in [2.45, 2.75) is 19.9 Å². The summed E-state index contributed by atoms with van der Waals surface area (Å²) in [5.41, 5.74) is 3.33. The first-order chi connectivity index (χ1) is 17.7. The summed E-state index contributed by atoms with van der Waals surface area (Å²) in [6.07, 6.45) is 3.52. The molecule has 7 nitrogen and oxygen atoms in total. The van der Waals surface area contributed by atoms with Crippen LogP contribution < -0.4 is 24.5 Å². The molecule has 0 saturated heterocycles. The van der Waals surface area contributed by atoms with E-state index in [4.69, 9.17) is 9.47 Å². The summed E-state index contributed by atoms with van der Waals surface area (Å²) in [7, 11) is 3.94. The molecule has 1 aliphatic rings. The summed E-state index contributed by atoms with van der Waals surface area (Å²) in [6, 6.07) is 12.6. The number of carbonyl (C=O) groups is 1. The van der Waals surface area contributed by atoms with Crippen LogP contribution in [-0.2, 0) is 9.53 Å². The lowest BCUT2D eigenvalue weighted by molar-refractivity contribution is -0.139. The number of thiazole rings is 1. The van der Waals surface area contributed by atoms with Crippen molar-refractivity contribution in [3.63, 3.8) is 0 Å². The van der Waals surface area contributed by atoms with Gasteiger partial charge in [-0.1, -0.05) is 42.2 Å². The Morgan fingerprint density at radius 1 is 1.24 bits per heavy atom. The number of esters is 1. The van der Waals surface area contributed by atoms with Gasteiger partial charge in [0.1, 0.15) is 12.4 Å². The summed E-state index contributed by atoms with van der Waals surface area (Å²) in [5.74, 6) is 0.180. The topological polar surface area (TPSA) is 73.1 Å². The van der Waals surface area contributed by atoms with Crippen molar-refractivity contribution in [2.24, 2.45) is 4.99 Å². The lowest BCUT2D eigenvalue weighted by Crippen LogP contribution is -2.39. The Labute approximate surface area is 227 Å². The van der Waals surface area contributed by atoms with Crippen molar-refractivity contribution < 1.29 is 14.3 Å². The number of nitrogens with zero attached hydrogens (tertiary/aromatic N) is 3. The SMILES string of the molecule is C=CCOc1ccc([C@@H]2C(C(=O)OCC)=C(C)N=c3s/c(=C\c4ccc(N(C)C)c(Br)c4)c(=O)n32)cc1. The van der Waals surface area contributed by atoms with Crippen molar-refractivity contribution in [3.8, 4) is 5.75 Å². The van der Waals surface area contributed by atoms with Gasteiger partial charge in [0.2, 0.25) is 0 Å². The zero-order valence-corrected chi connectivity index (χ0v) is 23.6. The monoisotopic (exact) mass is 581 g/mol. The average molecular weight is 583 g/mol. The lowest BCUT2D eigenvalue weighted by Gasteiger charge is -2.24. The van der Waals surface area contributed by atoms with Gasteiger partial charge in [-0.3, -0.25) is 9.36 Å². The fourth-order valence-corrected chi connectivity index (χ4v) is 5.93. The summed E-state index contributed by atoms with van der Waals surface area (Å²) >= 11 is 4.91. The third-order valence-electron chi connectivity index (χ3n) is 5.83. The van der Waals surface area contributed by atoms with Crippen LogP contribution in [-0.4, -0.2) is 37.8 Å². The molecular formula is C28H28BrN3O4S. The molecule has 2 aromatic carbocycles. The summed E-state index contributed by atoms with van der Waals surface area (Å²) < 4.78 is 14.0. The molecule has 0 N–H and O–H groups in total. The largest absolute Gasteiger partial charge is 0.490 e. The molecule has 9 heteroatoms. The molecule has 192 valence electrons. The van der Waals surface area contributed by atoms with Crippen LogP contribution in [0.25, 0.3) is 6.08 Å². The molecule has 0 bridgehead atoms. The predicted molar refractivity (Wildman–Crippen MR) is 151 cm³/mol. The maximum absolute atomic E-state index is 13.8. The highest BCUT2D eigenvalue weighted by Crippen LogP contribution is 2.32. The summed E-state index contributed by atoms with van der Waals surface area (Å²) in [6.45, 7) is 7.80. The van der Waals surface area contributed by atoms with Crippen LogP contribution in [0.15, 0.2) is 80.6 Å². The molecule has 1 aromatic heterocycles. The number of rotatable bonds is 8. The van der Waals surface area contributed by atoms with Crippen molar-refractivity contribution in [3.05, 3.63) is 102 Å². The molecule has 3 aromatic rings. The molecule has 37 heavy (non-hydrogen) atoms. The molecule has 0 radical (unpaired) electrons. The second-order valence-corrected chi connectivity index (χ2v) is 10.4. The lowest BCUT2D eigenvalue weighted by atomic mass is 9.96. The molecule has 1 atom stereocenters. The number of hydrogen-bond donors (Lipinski definition) is 0. The van der Waals surface area contributed by atoms with E-state index in [1.807, 2.05) is 67.5 Å². The Morgan fingerprint density at radius 2 is 1.97 bits per heavy atom. The van der Waals surface area contributed by atoms with Crippen LogP contribution in [0, 0.1) is 0 Å². The van der Waals surface area contributed by atoms with E-state index < -0.39 is 12.0 Å². The minimum Gasteiger partial charge on any atom is -0.490 e. The summed E-state index contributed by atoms with van der Waals surface area (Å²) in [5, 5.41) is 0. The van der Waals surface area contributed by atoms with E-state index in [1.165, 1.54) is 11.3 Å². The zero-order valence-electron chi connectivity index (χ0n) is 21.2. The average Bonchev–Trinajstić information content (AvgIpc) is 3.16. The highest BCUT2D eigenvalue weighted by Gasteiger charge is 2.33. The Hall–Kier alpha value is -3.43. The smallest absolute Gasteiger partial charge is 0.338 e. The minimum atomic E-state index is -0.672. The number of carbonyl (C=O) groups excluding carboxylic acids is 1. The number of benzene rings is 2. The van der Waals surface area contributed by atoms with Crippen LogP contribution in [0.4, 0.5) is 5.69 Å². The van der Waals surface area contributed by atoms with Crippen molar-refractivity contribution in [1.82, 2.24) is 4.57 Å². The zero-order chi connectivity index (χ0) is 26.7. The third-order valence-corrected chi connectivity index (χ3v) is 7.45. The minimum absolute atomic E-state index is 0.220. The van der Waals surface area contributed by atoms with Gasteiger partial charge in [0, 0.05) is 18.6 Å². The van der Waals surface area contributed by atoms with Gasteiger partial charge >= 0.3 is 5.97 Å². The molecule has 0 spiro atoms. The molecule has 1 aliphatic heterocycles. The van der Waals surface area contributed by atoms with Gasteiger partial charge in [0.25, 0.3) is 5.56 Å². The third kappa shape index (κ3) is 5.47. The van der Waals surface area contributed by atoms with E-state index >= 15 is 0 Å². The highest BCUT2D eigenvalue weighted by molar-refractivity contribution is 9.10. The first kappa shape index (κ1) is 26.6. The number of anilines is 1. The Bertz CT molecular complexity index is 1550. The number of hydrogen-bond acceptors (Lipinski definition) is 7. The second kappa shape index (κ2) is 11.3. The van der Waals surface area contributed by atoms with Crippen molar-refractivity contribution >= 4 is 45.0 Å². The number of halogens is 1.